The van der Waals surface area contributed by atoms with Crippen LogP contribution in [0.5, 0.6) is 5.75 Å². The van der Waals surface area contributed by atoms with E-state index in [9.17, 15) is 0 Å². The molecule has 2 rings (SSSR count). The van der Waals surface area contributed by atoms with Gasteiger partial charge in [0, 0.05) is 6.20 Å². The molecule has 20 heavy (non-hydrogen) atoms. The molecule has 1 heterocycles. The molecular formula is C15H16N4O. The van der Waals surface area contributed by atoms with Crippen LogP contribution in [-0.4, -0.2) is 4.98 Å². The maximum atomic E-state index is 8.92. The minimum Gasteiger partial charge on any atom is -0.487 e. The van der Waals surface area contributed by atoms with E-state index in [1.165, 1.54) is 0 Å². The number of pyridine rings is 1. The highest BCUT2D eigenvalue weighted by atomic mass is 16.5. The van der Waals surface area contributed by atoms with E-state index in [4.69, 9.17) is 15.8 Å². The van der Waals surface area contributed by atoms with Crippen LogP contribution >= 0.6 is 0 Å². The zero-order valence-electron chi connectivity index (χ0n) is 11.5. The Labute approximate surface area is 118 Å². The van der Waals surface area contributed by atoms with Crippen LogP contribution in [0.2, 0.25) is 0 Å². The molecule has 0 radical (unpaired) electrons. The summed E-state index contributed by atoms with van der Waals surface area (Å²) in [6.07, 6.45) is 1.67. The number of hydrogen-bond acceptors (Lipinski definition) is 5. The minimum absolute atomic E-state index is 0.350. The molecule has 1 aromatic heterocycles. The first-order valence-corrected chi connectivity index (χ1v) is 6.19. The summed E-state index contributed by atoms with van der Waals surface area (Å²) in [5, 5.41) is 8.92. The van der Waals surface area contributed by atoms with Crippen molar-refractivity contribution >= 4 is 5.69 Å². The first kappa shape index (κ1) is 13.8. The van der Waals surface area contributed by atoms with Crippen molar-refractivity contribution in [3.05, 3.63) is 52.8 Å². The molecule has 0 unspecified atom stereocenters. The van der Waals surface area contributed by atoms with Crippen LogP contribution in [-0.2, 0) is 6.61 Å². The lowest BCUT2D eigenvalue weighted by Crippen LogP contribution is -2.08. The van der Waals surface area contributed by atoms with Gasteiger partial charge in [0.05, 0.1) is 23.0 Å². The number of benzene rings is 1. The number of aromatic nitrogens is 1. The third-order valence-corrected chi connectivity index (χ3v) is 2.94. The number of nitrogens with one attached hydrogen (secondary N) is 1. The molecule has 0 fully saturated rings. The van der Waals surface area contributed by atoms with Gasteiger partial charge < -0.3 is 10.2 Å². The number of hydrogen-bond donors (Lipinski definition) is 2. The second-order valence-electron chi connectivity index (χ2n) is 4.52. The van der Waals surface area contributed by atoms with E-state index in [-0.39, 0.29) is 0 Å². The van der Waals surface area contributed by atoms with E-state index in [2.05, 4.69) is 16.5 Å². The van der Waals surface area contributed by atoms with E-state index in [0.717, 1.165) is 28.3 Å². The Morgan fingerprint density at radius 1 is 1.30 bits per heavy atom. The summed E-state index contributed by atoms with van der Waals surface area (Å²) in [4.78, 5) is 4.22. The number of aryl methyl sites for hydroxylation is 2. The quantitative estimate of drug-likeness (QED) is 0.657. The Bertz CT molecular complexity index is 638. The van der Waals surface area contributed by atoms with E-state index >= 15 is 0 Å². The summed E-state index contributed by atoms with van der Waals surface area (Å²) >= 11 is 0. The van der Waals surface area contributed by atoms with E-state index in [1.807, 2.05) is 32.0 Å². The van der Waals surface area contributed by atoms with Crippen molar-refractivity contribution < 1.29 is 4.74 Å². The number of nitrogens with two attached hydrogens (primary N) is 1. The van der Waals surface area contributed by atoms with Gasteiger partial charge in [0.1, 0.15) is 12.4 Å². The smallest absolute Gasteiger partial charge is 0.130 e. The number of nitriles is 1. The highest BCUT2D eigenvalue weighted by Gasteiger charge is 2.07. The van der Waals surface area contributed by atoms with Gasteiger partial charge >= 0.3 is 0 Å². The van der Waals surface area contributed by atoms with Gasteiger partial charge in [-0.3, -0.25) is 10.8 Å². The van der Waals surface area contributed by atoms with Crippen LogP contribution in [0.25, 0.3) is 0 Å². The number of ether oxygens (including phenoxy) is 1. The molecule has 1 aromatic carbocycles. The summed E-state index contributed by atoms with van der Waals surface area (Å²) in [5.74, 6) is 6.15. The van der Waals surface area contributed by atoms with Gasteiger partial charge in [0.15, 0.2) is 0 Å². The average Bonchev–Trinajstić information content (AvgIpc) is 2.46. The number of nitrogen functional groups attached to an aromatic ring is 1. The van der Waals surface area contributed by atoms with Crippen LogP contribution in [0.4, 0.5) is 5.69 Å². The number of rotatable bonds is 4. The lowest BCUT2D eigenvalue weighted by molar-refractivity contribution is 0.297. The Hall–Kier alpha value is -2.58. The Balaban J connectivity index is 2.17. The zero-order valence-corrected chi connectivity index (χ0v) is 11.5. The fourth-order valence-electron chi connectivity index (χ4n) is 2.04. The van der Waals surface area contributed by atoms with Crippen LogP contribution < -0.4 is 16.0 Å². The molecule has 0 atom stereocenters. The summed E-state index contributed by atoms with van der Waals surface area (Å²) in [5.41, 5.74) is 6.65. The summed E-state index contributed by atoms with van der Waals surface area (Å²) in [6, 6.07) is 9.37. The van der Waals surface area contributed by atoms with Crippen molar-refractivity contribution in [2.24, 2.45) is 5.84 Å². The Kier molecular flexibility index (Phi) is 4.18. The molecule has 102 valence electrons. The second kappa shape index (κ2) is 6.04. The standard InChI is InChI=1S/C15H16N4O/c1-10-5-12(8-16)6-11(2)15(10)20-9-14-7-13(19-17)3-4-18-14/h3-7H,9,17H2,1-2H3,(H,18,19). The molecule has 3 N–H and O–H groups in total. The lowest BCUT2D eigenvalue weighted by atomic mass is 10.1. The number of nitrogens with zero attached hydrogens (tertiary/aromatic N) is 2. The largest absolute Gasteiger partial charge is 0.487 e. The molecule has 2 aromatic rings. The van der Waals surface area contributed by atoms with E-state index in [1.54, 1.807) is 12.3 Å². The predicted octanol–water partition coefficient (Wildman–Crippen LogP) is 2.43. The van der Waals surface area contributed by atoms with Crippen LogP contribution in [0.15, 0.2) is 30.5 Å². The normalized spacial score (nSPS) is 9.90. The molecule has 0 saturated heterocycles. The molecule has 0 amide bonds. The molecule has 0 aliphatic heterocycles. The number of hydrazine groups is 1. The van der Waals surface area contributed by atoms with Crippen molar-refractivity contribution in [3.63, 3.8) is 0 Å². The Morgan fingerprint density at radius 3 is 2.60 bits per heavy atom. The molecule has 0 aliphatic carbocycles. The van der Waals surface area contributed by atoms with Gasteiger partial charge in [-0.15, -0.1) is 0 Å². The SMILES string of the molecule is Cc1cc(C#N)cc(C)c1OCc1cc(NN)ccn1. The van der Waals surface area contributed by atoms with Crippen molar-refractivity contribution in [2.75, 3.05) is 5.43 Å². The third kappa shape index (κ3) is 3.05. The van der Waals surface area contributed by atoms with Crippen molar-refractivity contribution in [3.8, 4) is 11.8 Å². The monoisotopic (exact) mass is 268 g/mol. The molecule has 5 nitrogen and oxygen atoms in total. The van der Waals surface area contributed by atoms with Gasteiger partial charge in [0.2, 0.25) is 0 Å². The molecule has 5 heteroatoms. The highest BCUT2D eigenvalue weighted by molar-refractivity contribution is 5.47. The maximum absolute atomic E-state index is 8.92. The highest BCUT2D eigenvalue weighted by Crippen LogP contribution is 2.25. The zero-order chi connectivity index (χ0) is 14.5. The summed E-state index contributed by atoms with van der Waals surface area (Å²) in [7, 11) is 0. The fourth-order valence-corrected chi connectivity index (χ4v) is 2.04. The fraction of sp³-hybridized carbons (Fsp3) is 0.200. The van der Waals surface area contributed by atoms with Crippen molar-refractivity contribution in [2.45, 2.75) is 20.5 Å². The topological polar surface area (TPSA) is 84.0 Å². The van der Waals surface area contributed by atoms with E-state index in [0.29, 0.717) is 12.2 Å². The van der Waals surface area contributed by atoms with Gasteiger partial charge in [-0.05, 0) is 49.2 Å². The second-order valence-corrected chi connectivity index (χ2v) is 4.52. The van der Waals surface area contributed by atoms with E-state index < -0.39 is 0 Å². The molecule has 0 spiro atoms. The third-order valence-electron chi connectivity index (χ3n) is 2.94. The van der Waals surface area contributed by atoms with Crippen LogP contribution in [0.1, 0.15) is 22.4 Å². The number of anilines is 1. The maximum Gasteiger partial charge on any atom is 0.130 e. The Morgan fingerprint density at radius 2 is 2.00 bits per heavy atom. The first-order chi connectivity index (χ1) is 9.63. The minimum atomic E-state index is 0.350. The van der Waals surface area contributed by atoms with Crippen molar-refractivity contribution in [1.82, 2.24) is 4.98 Å². The summed E-state index contributed by atoms with van der Waals surface area (Å²) < 4.78 is 5.81. The first-order valence-electron chi connectivity index (χ1n) is 6.19. The molecular weight excluding hydrogens is 252 g/mol. The van der Waals surface area contributed by atoms with Gasteiger partial charge in [-0.25, -0.2) is 0 Å². The van der Waals surface area contributed by atoms with Crippen LogP contribution in [0.3, 0.4) is 0 Å². The molecule has 0 saturated carbocycles. The average molecular weight is 268 g/mol. The summed E-state index contributed by atoms with van der Waals surface area (Å²) in [6.45, 7) is 4.20. The molecule has 0 bridgehead atoms. The van der Waals surface area contributed by atoms with Crippen LogP contribution in [0, 0.1) is 25.2 Å². The van der Waals surface area contributed by atoms with Gasteiger partial charge in [-0.1, -0.05) is 0 Å². The molecule has 0 aliphatic rings. The van der Waals surface area contributed by atoms with Gasteiger partial charge in [-0.2, -0.15) is 5.26 Å². The van der Waals surface area contributed by atoms with Crippen molar-refractivity contribution in [1.29, 1.82) is 5.26 Å². The van der Waals surface area contributed by atoms with Gasteiger partial charge in [0.25, 0.3) is 0 Å². The lowest BCUT2D eigenvalue weighted by Gasteiger charge is -2.12. The predicted molar refractivity (Wildman–Crippen MR) is 77.0 cm³/mol.